The highest BCUT2D eigenvalue weighted by atomic mass is 15.3. The molecule has 2 aromatic heterocycles. The van der Waals surface area contributed by atoms with E-state index < -0.39 is 0 Å². The van der Waals surface area contributed by atoms with Crippen LogP contribution in [0.15, 0.2) is 30.9 Å². The van der Waals surface area contributed by atoms with Crippen LogP contribution in [-0.4, -0.2) is 37.7 Å². The number of rotatable bonds is 4. The van der Waals surface area contributed by atoms with Gasteiger partial charge < -0.3 is 0 Å². The molecule has 0 N–H and O–H groups in total. The minimum absolute atomic E-state index is 0.679. The van der Waals surface area contributed by atoms with Crippen LogP contribution in [-0.2, 0) is 13.1 Å². The molecule has 106 valence electrons. The van der Waals surface area contributed by atoms with Gasteiger partial charge in [0.15, 0.2) is 0 Å². The van der Waals surface area contributed by atoms with Gasteiger partial charge in [0.25, 0.3) is 0 Å². The Morgan fingerprint density at radius 1 is 1.20 bits per heavy atom. The fourth-order valence-electron chi connectivity index (χ4n) is 2.93. The Morgan fingerprint density at radius 3 is 2.65 bits per heavy atom. The Kier molecular flexibility index (Phi) is 4.06. The number of pyridine rings is 1. The number of hydrogen-bond donors (Lipinski definition) is 0. The Bertz CT molecular complexity index is 528. The molecular formula is C15H21N5. The van der Waals surface area contributed by atoms with Gasteiger partial charge in [-0.2, -0.15) is 5.10 Å². The smallest absolute Gasteiger partial charge is 0.140 e. The van der Waals surface area contributed by atoms with Crippen LogP contribution in [0.25, 0.3) is 0 Å². The van der Waals surface area contributed by atoms with Crippen molar-refractivity contribution in [1.29, 1.82) is 0 Å². The summed E-state index contributed by atoms with van der Waals surface area (Å²) in [6, 6.07) is 4.29. The van der Waals surface area contributed by atoms with Crippen molar-refractivity contribution in [3.05, 3.63) is 42.2 Å². The molecule has 0 atom stereocenters. The van der Waals surface area contributed by atoms with Crippen LogP contribution in [0, 0.1) is 0 Å². The average molecular weight is 271 g/mol. The first-order valence-electron chi connectivity index (χ1n) is 7.35. The van der Waals surface area contributed by atoms with E-state index in [0.29, 0.717) is 5.92 Å². The summed E-state index contributed by atoms with van der Waals surface area (Å²) >= 11 is 0. The Morgan fingerprint density at radius 2 is 1.95 bits per heavy atom. The van der Waals surface area contributed by atoms with Gasteiger partial charge in [-0.05, 0) is 56.5 Å². The molecule has 0 unspecified atom stereocenters. The van der Waals surface area contributed by atoms with Crippen molar-refractivity contribution in [1.82, 2.24) is 24.6 Å². The molecule has 3 heterocycles. The van der Waals surface area contributed by atoms with Gasteiger partial charge in [-0.3, -0.25) is 9.88 Å². The summed E-state index contributed by atoms with van der Waals surface area (Å²) < 4.78 is 1.98. The maximum absolute atomic E-state index is 4.36. The zero-order valence-electron chi connectivity index (χ0n) is 11.9. The van der Waals surface area contributed by atoms with Crippen LogP contribution >= 0.6 is 0 Å². The molecule has 0 bridgehead atoms. The van der Waals surface area contributed by atoms with E-state index in [1.807, 2.05) is 17.1 Å². The van der Waals surface area contributed by atoms with Crippen molar-refractivity contribution in [3.8, 4) is 0 Å². The lowest BCUT2D eigenvalue weighted by molar-refractivity contribution is 0.197. The molecule has 5 nitrogen and oxygen atoms in total. The number of nitrogens with zero attached hydrogens (tertiary/aromatic N) is 5. The minimum Gasteiger partial charge on any atom is -0.296 e. The molecule has 0 aliphatic carbocycles. The summed E-state index contributed by atoms with van der Waals surface area (Å²) in [7, 11) is 0. The quantitative estimate of drug-likeness (QED) is 0.854. The molecule has 0 aromatic carbocycles. The summed E-state index contributed by atoms with van der Waals surface area (Å²) in [5.74, 6) is 1.76. The van der Waals surface area contributed by atoms with Crippen molar-refractivity contribution in [3.63, 3.8) is 0 Å². The van der Waals surface area contributed by atoms with Crippen molar-refractivity contribution >= 4 is 0 Å². The number of piperidine rings is 1. The Balaban J connectivity index is 1.56. The third-order valence-electron chi connectivity index (χ3n) is 4.13. The minimum atomic E-state index is 0.679. The molecule has 20 heavy (non-hydrogen) atoms. The zero-order valence-corrected chi connectivity index (χ0v) is 11.9. The van der Waals surface area contributed by atoms with Gasteiger partial charge in [0, 0.05) is 18.9 Å². The molecule has 0 saturated carbocycles. The summed E-state index contributed by atoms with van der Waals surface area (Å²) in [5.41, 5.74) is 1.43. The van der Waals surface area contributed by atoms with Gasteiger partial charge in [-0.15, -0.1) is 0 Å². The van der Waals surface area contributed by atoms with Gasteiger partial charge >= 0.3 is 0 Å². The van der Waals surface area contributed by atoms with Crippen LogP contribution in [0.5, 0.6) is 0 Å². The molecule has 1 fully saturated rings. The summed E-state index contributed by atoms with van der Waals surface area (Å²) in [4.78, 5) is 10.9. The molecule has 2 aromatic rings. The largest absolute Gasteiger partial charge is 0.296 e. The van der Waals surface area contributed by atoms with Crippen LogP contribution in [0.2, 0.25) is 0 Å². The number of aromatic nitrogens is 4. The molecule has 5 heteroatoms. The van der Waals surface area contributed by atoms with Crippen LogP contribution in [0.4, 0.5) is 0 Å². The fraction of sp³-hybridized carbons (Fsp3) is 0.533. The first-order valence-corrected chi connectivity index (χ1v) is 7.35. The molecular weight excluding hydrogens is 250 g/mol. The van der Waals surface area contributed by atoms with E-state index in [4.69, 9.17) is 0 Å². The zero-order chi connectivity index (χ0) is 13.8. The molecule has 1 aliphatic rings. The topological polar surface area (TPSA) is 46.8 Å². The third-order valence-corrected chi connectivity index (χ3v) is 4.13. The van der Waals surface area contributed by atoms with Crippen molar-refractivity contribution < 1.29 is 0 Å². The lowest BCUT2D eigenvalue weighted by Gasteiger charge is -2.31. The first-order chi connectivity index (χ1) is 9.86. The van der Waals surface area contributed by atoms with Crippen LogP contribution < -0.4 is 0 Å². The number of aryl methyl sites for hydroxylation is 1. The highest BCUT2D eigenvalue weighted by Gasteiger charge is 2.21. The highest BCUT2D eigenvalue weighted by Crippen LogP contribution is 2.27. The normalized spacial score (nSPS) is 17.4. The van der Waals surface area contributed by atoms with Crippen molar-refractivity contribution in [2.75, 3.05) is 13.1 Å². The SMILES string of the molecule is CCn1ncnc1CN1CCC(c2ccncc2)CC1. The standard InChI is InChI=1S/C15H21N5/c1-2-20-15(17-12-18-20)11-19-9-5-14(6-10-19)13-3-7-16-8-4-13/h3-4,7-8,12,14H,2,5-6,9-11H2,1H3. The highest BCUT2D eigenvalue weighted by molar-refractivity contribution is 5.16. The van der Waals surface area contributed by atoms with Gasteiger partial charge in [0.05, 0.1) is 6.54 Å². The average Bonchev–Trinajstić information content (AvgIpc) is 2.96. The van der Waals surface area contributed by atoms with Gasteiger partial charge in [-0.25, -0.2) is 9.67 Å². The number of likely N-dealkylation sites (tertiary alicyclic amines) is 1. The molecule has 0 amide bonds. The summed E-state index contributed by atoms with van der Waals surface area (Å²) in [5, 5.41) is 4.23. The van der Waals surface area contributed by atoms with Crippen LogP contribution in [0.3, 0.4) is 0 Å². The predicted octanol–water partition coefficient (Wildman–Crippen LogP) is 2.07. The maximum Gasteiger partial charge on any atom is 0.140 e. The van der Waals surface area contributed by atoms with E-state index in [2.05, 4.69) is 39.0 Å². The second-order valence-corrected chi connectivity index (χ2v) is 5.32. The van der Waals surface area contributed by atoms with Crippen molar-refractivity contribution in [2.45, 2.75) is 38.8 Å². The molecule has 0 spiro atoms. The Hall–Kier alpha value is -1.75. The van der Waals surface area contributed by atoms with Gasteiger partial charge in [0.1, 0.15) is 12.2 Å². The van der Waals surface area contributed by atoms with E-state index in [-0.39, 0.29) is 0 Å². The van der Waals surface area contributed by atoms with E-state index in [1.54, 1.807) is 6.33 Å². The first kappa shape index (κ1) is 13.2. The second-order valence-electron chi connectivity index (χ2n) is 5.32. The van der Waals surface area contributed by atoms with Gasteiger partial charge in [-0.1, -0.05) is 0 Å². The molecule has 1 saturated heterocycles. The summed E-state index contributed by atoms with van der Waals surface area (Å²) in [6.07, 6.45) is 7.87. The lowest BCUT2D eigenvalue weighted by atomic mass is 9.90. The molecule has 1 aliphatic heterocycles. The molecule has 0 radical (unpaired) electrons. The van der Waals surface area contributed by atoms with E-state index in [1.165, 1.54) is 18.4 Å². The van der Waals surface area contributed by atoms with E-state index in [0.717, 1.165) is 32.0 Å². The monoisotopic (exact) mass is 271 g/mol. The van der Waals surface area contributed by atoms with Crippen LogP contribution in [0.1, 0.15) is 37.1 Å². The van der Waals surface area contributed by atoms with E-state index in [9.17, 15) is 0 Å². The lowest BCUT2D eigenvalue weighted by Crippen LogP contribution is -2.33. The summed E-state index contributed by atoms with van der Waals surface area (Å²) in [6.45, 7) is 6.17. The fourth-order valence-corrected chi connectivity index (χ4v) is 2.93. The Labute approximate surface area is 119 Å². The van der Waals surface area contributed by atoms with Crippen molar-refractivity contribution in [2.24, 2.45) is 0 Å². The third kappa shape index (κ3) is 2.88. The van der Waals surface area contributed by atoms with Gasteiger partial charge in [0.2, 0.25) is 0 Å². The van der Waals surface area contributed by atoms with E-state index >= 15 is 0 Å². The predicted molar refractivity (Wildman–Crippen MR) is 77.2 cm³/mol. The maximum atomic E-state index is 4.36. The second kappa shape index (κ2) is 6.13. The molecule has 3 rings (SSSR count). The number of hydrogen-bond acceptors (Lipinski definition) is 4.